The van der Waals surface area contributed by atoms with E-state index in [0.717, 1.165) is 74.0 Å². The molecule has 33 heavy (non-hydrogen) atoms. The maximum absolute atomic E-state index is 12.9. The van der Waals surface area contributed by atoms with Gasteiger partial charge in [0.1, 0.15) is 12.4 Å². The molecule has 2 amide bonds. The molecule has 2 aromatic carbocycles. The third-order valence-electron chi connectivity index (χ3n) is 6.34. The van der Waals surface area contributed by atoms with E-state index in [-0.39, 0.29) is 11.8 Å². The standard InChI is InChI=1S/C27H34N4O2/c32-26(20-22-12-4-1-5-13-22)28-17-9-2-6-16-25-29-23-14-7-8-15-24(23)31(25)21-27(33)30-18-10-3-11-19-30/h1,4-5,7-8,12-15H,2-3,6,9-11,16-21H2,(H,28,32). The van der Waals surface area contributed by atoms with Crippen molar-refractivity contribution < 1.29 is 9.59 Å². The molecule has 1 aliphatic rings. The molecular weight excluding hydrogens is 412 g/mol. The molecule has 1 aromatic heterocycles. The smallest absolute Gasteiger partial charge is 0.242 e. The molecule has 0 radical (unpaired) electrons. The van der Waals surface area contributed by atoms with Crippen molar-refractivity contribution in [2.75, 3.05) is 19.6 Å². The quantitative estimate of drug-likeness (QED) is 0.477. The molecule has 1 fully saturated rings. The number of benzene rings is 2. The van der Waals surface area contributed by atoms with Crippen LogP contribution in [-0.4, -0.2) is 45.9 Å². The number of rotatable bonds is 10. The van der Waals surface area contributed by atoms with Crippen LogP contribution in [0.15, 0.2) is 54.6 Å². The van der Waals surface area contributed by atoms with Crippen LogP contribution in [0.25, 0.3) is 11.0 Å². The summed E-state index contributed by atoms with van der Waals surface area (Å²) >= 11 is 0. The fourth-order valence-corrected chi connectivity index (χ4v) is 4.53. The van der Waals surface area contributed by atoms with Crippen molar-refractivity contribution in [3.63, 3.8) is 0 Å². The molecular formula is C27H34N4O2. The van der Waals surface area contributed by atoms with E-state index in [1.807, 2.05) is 53.4 Å². The lowest BCUT2D eigenvalue weighted by atomic mass is 10.1. The first-order chi connectivity index (χ1) is 16.2. The highest BCUT2D eigenvalue weighted by molar-refractivity contribution is 5.81. The van der Waals surface area contributed by atoms with Crippen LogP contribution in [0.1, 0.15) is 49.9 Å². The van der Waals surface area contributed by atoms with Crippen LogP contribution in [0.3, 0.4) is 0 Å². The highest BCUT2D eigenvalue weighted by Gasteiger charge is 2.19. The first kappa shape index (κ1) is 23.0. The number of carbonyl (C=O) groups is 2. The van der Waals surface area contributed by atoms with E-state index < -0.39 is 0 Å². The molecule has 6 nitrogen and oxygen atoms in total. The third-order valence-corrected chi connectivity index (χ3v) is 6.34. The molecule has 0 unspecified atom stereocenters. The van der Waals surface area contributed by atoms with Gasteiger partial charge in [0.15, 0.2) is 0 Å². The summed E-state index contributed by atoms with van der Waals surface area (Å²) in [6, 6.07) is 17.9. The van der Waals surface area contributed by atoms with Gasteiger partial charge in [-0.1, -0.05) is 48.9 Å². The third kappa shape index (κ3) is 6.44. The maximum Gasteiger partial charge on any atom is 0.242 e. The summed E-state index contributed by atoms with van der Waals surface area (Å²) in [5.41, 5.74) is 3.02. The van der Waals surface area contributed by atoms with E-state index in [4.69, 9.17) is 4.98 Å². The average Bonchev–Trinajstić information content (AvgIpc) is 3.19. The zero-order valence-corrected chi connectivity index (χ0v) is 19.3. The fraction of sp³-hybridized carbons (Fsp3) is 0.444. The Bertz CT molecular complexity index is 1050. The minimum atomic E-state index is 0.0687. The number of fused-ring (bicyclic) bond motifs is 1. The van der Waals surface area contributed by atoms with Crippen molar-refractivity contribution in [3.8, 4) is 0 Å². The highest BCUT2D eigenvalue weighted by atomic mass is 16.2. The Morgan fingerprint density at radius 2 is 1.64 bits per heavy atom. The molecule has 0 bridgehead atoms. The zero-order valence-electron chi connectivity index (χ0n) is 19.3. The molecule has 3 aromatic rings. The molecule has 0 spiro atoms. The van der Waals surface area contributed by atoms with E-state index in [9.17, 15) is 9.59 Å². The van der Waals surface area contributed by atoms with E-state index in [0.29, 0.717) is 19.5 Å². The van der Waals surface area contributed by atoms with Gasteiger partial charge in [0, 0.05) is 26.1 Å². The average molecular weight is 447 g/mol. The van der Waals surface area contributed by atoms with Gasteiger partial charge in [0.25, 0.3) is 0 Å². The number of unbranched alkanes of at least 4 members (excludes halogenated alkanes) is 2. The summed E-state index contributed by atoms with van der Waals surface area (Å²) in [6.07, 6.45) is 7.61. The van der Waals surface area contributed by atoms with Gasteiger partial charge in [0.2, 0.25) is 11.8 Å². The summed E-state index contributed by atoms with van der Waals surface area (Å²) in [5.74, 6) is 1.24. The lowest BCUT2D eigenvalue weighted by Crippen LogP contribution is -2.38. The number of piperidine rings is 1. The molecule has 1 aliphatic heterocycles. The number of likely N-dealkylation sites (tertiary alicyclic amines) is 1. The topological polar surface area (TPSA) is 67.2 Å². The minimum Gasteiger partial charge on any atom is -0.356 e. The van der Waals surface area contributed by atoms with Gasteiger partial charge in [-0.2, -0.15) is 0 Å². The van der Waals surface area contributed by atoms with E-state index in [1.165, 1.54) is 6.42 Å². The lowest BCUT2D eigenvalue weighted by molar-refractivity contribution is -0.132. The first-order valence-corrected chi connectivity index (χ1v) is 12.2. The van der Waals surface area contributed by atoms with Gasteiger partial charge in [0.05, 0.1) is 17.5 Å². The molecule has 4 rings (SSSR count). The van der Waals surface area contributed by atoms with Crippen molar-refractivity contribution >= 4 is 22.8 Å². The van der Waals surface area contributed by atoms with E-state index in [1.54, 1.807) is 0 Å². The van der Waals surface area contributed by atoms with Crippen LogP contribution >= 0.6 is 0 Å². The molecule has 2 heterocycles. The van der Waals surface area contributed by atoms with Crippen LogP contribution in [0.2, 0.25) is 0 Å². The van der Waals surface area contributed by atoms with Crippen molar-refractivity contribution in [2.45, 2.75) is 57.9 Å². The van der Waals surface area contributed by atoms with Gasteiger partial charge >= 0.3 is 0 Å². The number of amides is 2. The van der Waals surface area contributed by atoms with Crippen LogP contribution in [0, 0.1) is 0 Å². The van der Waals surface area contributed by atoms with E-state index >= 15 is 0 Å². The predicted octanol–water partition coefficient (Wildman–Crippen LogP) is 4.12. The lowest BCUT2D eigenvalue weighted by Gasteiger charge is -2.27. The van der Waals surface area contributed by atoms with Gasteiger partial charge in [-0.3, -0.25) is 9.59 Å². The molecule has 1 saturated heterocycles. The van der Waals surface area contributed by atoms with Crippen LogP contribution < -0.4 is 5.32 Å². The molecule has 0 saturated carbocycles. The Kier molecular flexibility index (Phi) is 8.12. The Morgan fingerprint density at radius 1 is 0.879 bits per heavy atom. The van der Waals surface area contributed by atoms with Gasteiger partial charge in [-0.15, -0.1) is 0 Å². The van der Waals surface area contributed by atoms with Gasteiger partial charge < -0.3 is 14.8 Å². The maximum atomic E-state index is 12.9. The molecule has 0 aliphatic carbocycles. The monoisotopic (exact) mass is 446 g/mol. The minimum absolute atomic E-state index is 0.0687. The number of hydrogen-bond donors (Lipinski definition) is 1. The SMILES string of the molecule is O=C(Cc1ccccc1)NCCCCCc1nc2ccccc2n1CC(=O)N1CCCCC1. The number of hydrogen-bond acceptors (Lipinski definition) is 3. The number of carbonyl (C=O) groups excluding carboxylic acids is 2. The van der Waals surface area contributed by atoms with E-state index in [2.05, 4.69) is 16.0 Å². The summed E-state index contributed by atoms with van der Waals surface area (Å²) < 4.78 is 2.11. The second kappa shape index (κ2) is 11.6. The number of imidazole rings is 1. The predicted molar refractivity (Wildman–Crippen MR) is 131 cm³/mol. The molecule has 6 heteroatoms. The van der Waals surface area contributed by atoms with Crippen LogP contribution in [-0.2, 0) is 29.0 Å². The second-order valence-electron chi connectivity index (χ2n) is 8.87. The van der Waals surface area contributed by atoms with Crippen molar-refractivity contribution in [1.82, 2.24) is 19.8 Å². The van der Waals surface area contributed by atoms with Crippen LogP contribution in [0.4, 0.5) is 0 Å². The first-order valence-electron chi connectivity index (χ1n) is 12.2. The Balaban J connectivity index is 1.26. The molecule has 0 atom stereocenters. The molecule has 1 N–H and O–H groups in total. The summed E-state index contributed by atoms with van der Waals surface area (Å²) in [5, 5.41) is 3.02. The Hall–Kier alpha value is -3.15. The normalized spacial score (nSPS) is 13.9. The number of para-hydroxylation sites is 2. The Labute approximate surface area is 196 Å². The van der Waals surface area contributed by atoms with Gasteiger partial charge in [-0.25, -0.2) is 4.98 Å². The second-order valence-corrected chi connectivity index (χ2v) is 8.87. The van der Waals surface area contributed by atoms with Crippen molar-refractivity contribution in [3.05, 3.63) is 66.0 Å². The fourth-order valence-electron chi connectivity index (χ4n) is 4.53. The number of aryl methyl sites for hydroxylation is 1. The number of aromatic nitrogens is 2. The van der Waals surface area contributed by atoms with Crippen molar-refractivity contribution in [2.24, 2.45) is 0 Å². The zero-order chi connectivity index (χ0) is 22.9. The summed E-state index contributed by atoms with van der Waals surface area (Å²) in [7, 11) is 0. The summed E-state index contributed by atoms with van der Waals surface area (Å²) in [6.45, 7) is 2.80. The Morgan fingerprint density at radius 3 is 2.45 bits per heavy atom. The molecule has 174 valence electrons. The van der Waals surface area contributed by atoms with Crippen molar-refractivity contribution in [1.29, 1.82) is 0 Å². The highest BCUT2D eigenvalue weighted by Crippen LogP contribution is 2.19. The van der Waals surface area contributed by atoms with Gasteiger partial charge in [-0.05, 0) is 49.8 Å². The summed E-state index contributed by atoms with van der Waals surface area (Å²) in [4.78, 5) is 31.8. The van der Waals surface area contributed by atoms with Crippen LogP contribution in [0.5, 0.6) is 0 Å². The number of nitrogens with one attached hydrogen (secondary N) is 1. The largest absolute Gasteiger partial charge is 0.356 e. The number of nitrogens with zero attached hydrogens (tertiary/aromatic N) is 3.